The second-order valence-corrected chi connectivity index (χ2v) is 5.61. The third-order valence-corrected chi connectivity index (χ3v) is 3.93. The van der Waals surface area contributed by atoms with Crippen LogP contribution in [0.25, 0.3) is 0 Å². The minimum absolute atomic E-state index is 0.0178. The first-order chi connectivity index (χ1) is 11.0. The number of nitrogens with zero attached hydrogens (tertiary/aromatic N) is 2. The Labute approximate surface area is 135 Å². The topological polar surface area (TPSA) is 111 Å². The number of urea groups is 1. The SMILES string of the molecule is N=C(N)c1ccc(CCN2CCN(CCCC(=O)O)C2=O)cc1. The molecule has 4 N–H and O–H groups in total. The largest absolute Gasteiger partial charge is 0.481 e. The predicted molar refractivity (Wildman–Crippen MR) is 86.6 cm³/mol. The maximum absolute atomic E-state index is 12.2. The molecule has 7 heteroatoms. The monoisotopic (exact) mass is 318 g/mol. The van der Waals surface area contributed by atoms with Crippen LogP contribution in [0.1, 0.15) is 24.0 Å². The molecule has 2 amide bonds. The highest BCUT2D eigenvalue weighted by Gasteiger charge is 2.27. The van der Waals surface area contributed by atoms with Crippen LogP contribution < -0.4 is 5.73 Å². The van der Waals surface area contributed by atoms with Gasteiger partial charge in [-0.2, -0.15) is 0 Å². The van der Waals surface area contributed by atoms with E-state index in [4.69, 9.17) is 16.2 Å². The molecule has 1 aliphatic heterocycles. The van der Waals surface area contributed by atoms with Crippen molar-refractivity contribution in [1.29, 1.82) is 5.41 Å². The molecule has 7 nitrogen and oxygen atoms in total. The van der Waals surface area contributed by atoms with Gasteiger partial charge >= 0.3 is 12.0 Å². The van der Waals surface area contributed by atoms with Gasteiger partial charge in [0.15, 0.2) is 0 Å². The molecule has 1 aromatic rings. The minimum Gasteiger partial charge on any atom is -0.481 e. The fourth-order valence-corrected chi connectivity index (χ4v) is 2.58. The molecule has 124 valence electrons. The smallest absolute Gasteiger partial charge is 0.320 e. The van der Waals surface area contributed by atoms with Gasteiger partial charge in [-0.15, -0.1) is 0 Å². The highest BCUT2D eigenvalue weighted by Crippen LogP contribution is 2.12. The molecular weight excluding hydrogens is 296 g/mol. The Morgan fingerprint density at radius 2 is 1.78 bits per heavy atom. The number of carbonyl (C=O) groups excluding carboxylic acids is 1. The molecule has 1 fully saturated rings. The molecule has 1 heterocycles. The summed E-state index contributed by atoms with van der Waals surface area (Å²) >= 11 is 0. The van der Waals surface area contributed by atoms with Gasteiger partial charge in [-0.25, -0.2) is 4.79 Å². The third-order valence-electron chi connectivity index (χ3n) is 3.93. The van der Waals surface area contributed by atoms with Gasteiger partial charge in [-0.05, 0) is 18.4 Å². The average molecular weight is 318 g/mol. The molecule has 0 atom stereocenters. The molecule has 2 rings (SSSR count). The summed E-state index contributed by atoms with van der Waals surface area (Å²) in [5.41, 5.74) is 7.20. The first-order valence-corrected chi connectivity index (χ1v) is 7.66. The zero-order chi connectivity index (χ0) is 16.8. The molecule has 0 unspecified atom stereocenters. The van der Waals surface area contributed by atoms with Gasteiger partial charge in [0.05, 0.1) is 0 Å². The number of rotatable bonds is 8. The maximum Gasteiger partial charge on any atom is 0.320 e. The van der Waals surface area contributed by atoms with Crippen molar-refractivity contribution < 1.29 is 14.7 Å². The number of carboxylic acids is 1. The molecule has 1 aliphatic rings. The number of benzene rings is 1. The van der Waals surface area contributed by atoms with E-state index in [1.807, 2.05) is 24.3 Å². The molecule has 0 bridgehead atoms. The predicted octanol–water partition coefficient (Wildman–Crippen LogP) is 1.12. The van der Waals surface area contributed by atoms with Gasteiger partial charge in [0.2, 0.25) is 0 Å². The molecule has 1 aromatic carbocycles. The summed E-state index contributed by atoms with van der Waals surface area (Å²) in [5.74, 6) is -0.786. The van der Waals surface area contributed by atoms with Crippen LogP contribution in [-0.2, 0) is 11.2 Å². The molecule has 0 saturated carbocycles. The molecule has 0 spiro atoms. The number of nitrogen functional groups attached to an aromatic ring is 1. The van der Waals surface area contributed by atoms with E-state index in [-0.39, 0.29) is 18.3 Å². The Hall–Kier alpha value is -2.57. The van der Waals surface area contributed by atoms with Gasteiger partial charge in [-0.1, -0.05) is 24.3 Å². The Morgan fingerprint density at radius 3 is 2.35 bits per heavy atom. The Morgan fingerprint density at radius 1 is 1.17 bits per heavy atom. The van der Waals surface area contributed by atoms with E-state index in [0.717, 1.165) is 12.0 Å². The summed E-state index contributed by atoms with van der Waals surface area (Å²) in [6, 6.07) is 7.43. The van der Waals surface area contributed by atoms with E-state index >= 15 is 0 Å². The second kappa shape index (κ2) is 7.62. The number of hydrogen-bond acceptors (Lipinski definition) is 3. The van der Waals surface area contributed by atoms with Crippen molar-refractivity contribution >= 4 is 17.8 Å². The minimum atomic E-state index is -0.831. The first-order valence-electron chi connectivity index (χ1n) is 7.66. The van der Waals surface area contributed by atoms with Gasteiger partial charge in [0.1, 0.15) is 5.84 Å². The van der Waals surface area contributed by atoms with Crippen molar-refractivity contribution in [2.45, 2.75) is 19.3 Å². The summed E-state index contributed by atoms with van der Waals surface area (Å²) in [5, 5.41) is 16.0. The average Bonchev–Trinajstić information content (AvgIpc) is 2.86. The molecule has 1 saturated heterocycles. The van der Waals surface area contributed by atoms with E-state index in [9.17, 15) is 9.59 Å². The lowest BCUT2D eigenvalue weighted by molar-refractivity contribution is -0.137. The van der Waals surface area contributed by atoms with Crippen LogP contribution in [-0.4, -0.2) is 58.9 Å². The van der Waals surface area contributed by atoms with Gasteiger partial charge in [0, 0.05) is 38.2 Å². The van der Waals surface area contributed by atoms with Crippen molar-refractivity contribution in [3.63, 3.8) is 0 Å². The Bertz CT molecular complexity index is 585. The highest BCUT2D eigenvalue weighted by molar-refractivity contribution is 5.94. The number of carboxylic acid groups (broad SMARTS) is 1. The van der Waals surface area contributed by atoms with Gasteiger partial charge in [-0.3, -0.25) is 10.2 Å². The fourth-order valence-electron chi connectivity index (χ4n) is 2.58. The lowest BCUT2D eigenvalue weighted by Crippen LogP contribution is -2.33. The normalized spacial score (nSPS) is 14.3. The van der Waals surface area contributed by atoms with E-state index < -0.39 is 5.97 Å². The molecule has 0 aromatic heterocycles. The number of nitrogens with one attached hydrogen (secondary N) is 1. The van der Waals surface area contributed by atoms with E-state index in [1.54, 1.807) is 9.80 Å². The van der Waals surface area contributed by atoms with E-state index in [2.05, 4.69) is 0 Å². The zero-order valence-corrected chi connectivity index (χ0v) is 13.0. The lowest BCUT2D eigenvalue weighted by atomic mass is 10.1. The van der Waals surface area contributed by atoms with Crippen molar-refractivity contribution in [3.8, 4) is 0 Å². The van der Waals surface area contributed by atoms with Crippen molar-refractivity contribution in [3.05, 3.63) is 35.4 Å². The van der Waals surface area contributed by atoms with Crippen molar-refractivity contribution in [1.82, 2.24) is 9.80 Å². The maximum atomic E-state index is 12.2. The number of hydrogen-bond donors (Lipinski definition) is 3. The van der Waals surface area contributed by atoms with Crippen LogP contribution in [0.5, 0.6) is 0 Å². The molecule has 0 radical (unpaired) electrons. The second-order valence-electron chi connectivity index (χ2n) is 5.61. The Balaban J connectivity index is 1.79. The van der Waals surface area contributed by atoms with Crippen molar-refractivity contribution in [2.75, 3.05) is 26.2 Å². The third kappa shape index (κ3) is 4.70. The number of aliphatic carboxylic acids is 1. The van der Waals surface area contributed by atoms with Gasteiger partial charge in [0.25, 0.3) is 0 Å². The fraction of sp³-hybridized carbons (Fsp3) is 0.438. The van der Waals surface area contributed by atoms with Crippen LogP contribution >= 0.6 is 0 Å². The number of amidine groups is 1. The van der Waals surface area contributed by atoms with Gasteiger partial charge < -0.3 is 20.6 Å². The Kier molecular flexibility index (Phi) is 5.56. The summed E-state index contributed by atoms with van der Waals surface area (Å²) in [6.07, 6.45) is 1.32. The van der Waals surface area contributed by atoms with Crippen LogP contribution in [0.15, 0.2) is 24.3 Å². The van der Waals surface area contributed by atoms with Crippen LogP contribution in [0.4, 0.5) is 4.79 Å². The van der Waals surface area contributed by atoms with Crippen molar-refractivity contribution in [2.24, 2.45) is 5.73 Å². The number of amides is 2. The summed E-state index contributed by atoms with van der Waals surface area (Å²) in [7, 11) is 0. The van der Waals surface area contributed by atoms with E-state index in [0.29, 0.717) is 38.2 Å². The summed E-state index contributed by atoms with van der Waals surface area (Å²) < 4.78 is 0. The standard InChI is InChI=1S/C16H22N4O3/c17-15(18)13-5-3-12(4-6-13)7-9-20-11-10-19(16(20)23)8-1-2-14(21)22/h3-6H,1-2,7-11H2,(H3,17,18)(H,21,22). The summed E-state index contributed by atoms with van der Waals surface area (Å²) in [6.45, 7) is 2.46. The number of nitrogens with two attached hydrogens (primary N) is 1. The molecule has 23 heavy (non-hydrogen) atoms. The lowest BCUT2D eigenvalue weighted by Gasteiger charge is -2.18. The van der Waals surface area contributed by atoms with Crippen LogP contribution in [0, 0.1) is 5.41 Å². The quantitative estimate of drug-likeness (QED) is 0.492. The number of carbonyl (C=O) groups is 2. The van der Waals surface area contributed by atoms with Crippen LogP contribution in [0.2, 0.25) is 0 Å². The highest BCUT2D eigenvalue weighted by atomic mass is 16.4. The molecule has 0 aliphatic carbocycles. The first kappa shape index (κ1) is 16.8. The zero-order valence-electron chi connectivity index (χ0n) is 13.0. The summed E-state index contributed by atoms with van der Waals surface area (Å²) in [4.78, 5) is 26.2. The molecular formula is C16H22N4O3. The van der Waals surface area contributed by atoms with Crippen LogP contribution in [0.3, 0.4) is 0 Å². The van der Waals surface area contributed by atoms with E-state index in [1.165, 1.54) is 0 Å².